The predicted molar refractivity (Wildman–Crippen MR) is 97.3 cm³/mol. The Bertz CT molecular complexity index is 727. The molecule has 2 rings (SSSR count). The minimum atomic E-state index is -4.26. The summed E-state index contributed by atoms with van der Waals surface area (Å²) in [5.74, 6) is -0.408. The van der Waals surface area contributed by atoms with Gasteiger partial charge in [-0.15, -0.1) is 0 Å². The van der Waals surface area contributed by atoms with E-state index in [0.717, 1.165) is 38.4 Å². The Balaban J connectivity index is 1.99. The summed E-state index contributed by atoms with van der Waals surface area (Å²) in [5, 5.41) is 2.63. The lowest BCUT2D eigenvalue weighted by Gasteiger charge is -2.34. The average Bonchev–Trinajstić information content (AvgIpc) is 2.58. The lowest BCUT2D eigenvalue weighted by molar-refractivity contribution is -0.141. The molecule has 1 aromatic rings. The number of nitrogens with zero attached hydrogens (tertiary/aromatic N) is 1. The highest BCUT2D eigenvalue weighted by Gasteiger charge is 2.31. The van der Waals surface area contributed by atoms with Crippen molar-refractivity contribution < 1.29 is 26.4 Å². The first kappa shape index (κ1) is 21.7. The van der Waals surface area contributed by atoms with Crippen LogP contribution in [-0.4, -0.2) is 50.8 Å². The maximum Gasteiger partial charge on any atom is 0.390 e. The summed E-state index contributed by atoms with van der Waals surface area (Å²) in [6.07, 6.45) is 0.475. The van der Waals surface area contributed by atoms with Gasteiger partial charge >= 0.3 is 6.18 Å². The quantitative estimate of drug-likeness (QED) is 0.751. The highest BCUT2D eigenvalue weighted by atomic mass is 32.2. The SMILES string of the molecule is CS(=O)(=O)c1ccc(NC(=O)CN(CCC(F)(F)F)C2CCCCC2)cc1. The Labute approximate surface area is 157 Å². The van der Waals surface area contributed by atoms with Crippen LogP contribution >= 0.6 is 0 Å². The van der Waals surface area contributed by atoms with E-state index in [2.05, 4.69) is 5.32 Å². The van der Waals surface area contributed by atoms with E-state index in [1.165, 1.54) is 24.3 Å². The molecule has 5 nitrogen and oxygen atoms in total. The van der Waals surface area contributed by atoms with Gasteiger partial charge in [0.25, 0.3) is 0 Å². The molecule has 0 spiro atoms. The van der Waals surface area contributed by atoms with Crippen LogP contribution in [0.2, 0.25) is 0 Å². The average molecular weight is 406 g/mol. The molecule has 0 saturated heterocycles. The second kappa shape index (κ2) is 9.05. The van der Waals surface area contributed by atoms with Crippen molar-refractivity contribution in [1.82, 2.24) is 4.90 Å². The first-order valence-electron chi connectivity index (χ1n) is 8.95. The van der Waals surface area contributed by atoms with Crippen molar-refractivity contribution in [3.05, 3.63) is 24.3 Å². The first-order chi connectivity index (χ1) is 12.5. The van der Waals surface area contributed by atoms with Crippen LogP contribution in [0.25, 0.3) is 0 Å². The van der Waals surface area contributed by atoms with E-state index in [1.54, 1.807) is 4.90 Å². The summed E-state index contributed by atoms with van der Waals surface area (Å²) in [7, 11) is -3.33. The highest BCUT2D eigenvalue weighted by Crippen LogP contribution is 2.26. The molecular weight excluding hydrogens is 381 g/mol. The van der Waals surface area contributed by atoms with E-state index in [9.17, 15) is 26.4 Å². The monoisotopic (exact) mass is 406 g/mol. The lowest BCUT2D eigenvalue weighted by atomic mass is 9.94. The fourth-order valence-electron chi connectivity index (χ4n) is 3.28. The summed E-state index contributed by atoms with van der Waals surface area (Å²) >= 11 is 0. The van der Waals surface area contributed by atoms with Crippen molar-refractivity contribution in [3.8, 4) is 0 Å². The number of hydrogen-bond acceptors (Lipinski definition) is 4. The van der Waals surface area contributed by atoms with Crippen molar-refractivity contribution in [1.29, 1.82) is 0 Å². The molecule has 1 amide bonds. The van der Waals surface area contributed by atoms with E-state index >= 15 is 0 Å². The molecule has 27 heavy (non-hydrogen) atoms. The van der Waals surface area contributed by atoms with Gasteiger partial charge in [0.15, 0.2) is 9.84 Å². The summed E-state index contributed by atoms with van der Waals surface area (Å²) in [4.78, 5) is 14.1. The van der Waals surface area contributed by atoms with Crippen LogP contribution in [-0.2, 0) is 14.6 Å². The molecule has 1 aromatic carbocycles. The van der Waals surface area contributed by atoms with E-state index in [4.69, 9.17) is 0 Å². The van der Waals surface area contributed by atoms with Gasteiger partial charge in [-0.3, -0.25) is 9.69 Å². The molecule has 0 unspecified atom stereocenters. The molecule has 1 N–H and O–H groups in total. The third-order valence-electron chi connectivity index (χ3n) is 4.69. The smallest absolute Gasteiger partial charge is 0.325 e. The van der Waals surface area contributed by atoms with Crippen molar-refractivity contribution in [3.63, 3.8) is 0 Å². The zero-order valence-electron chi connectivity index (χ0n) is 15.3. The molecule has 1 fully saturated rings. The number of hydrogen-bond donors (Lipinski definition) is 1. The van der Waals surface area contributed by atoms with Gasteiger partial charge in [0.05, 0.1) is 17.9 Å². The standard InChI is InChI=1S/C18H25F3N2O3S/c1-27(25,26)16-9-7-14(8-10-16)22-17(24)13-23(12-11-18(19,20)21)15-5-3-2-4-6-15/h7-10,15H,2-6,11-13H2,1H3,(H,22,24). The van der Waals surface area contributed by atoms with Crippen LogP contribution in [0.1, 0.15) is 38.5 Å². The van der Waals surface area contributed by atoms with Crippen molar-refractivity contribution in [2.24, 2.45) is 0 Å². The Morgan fingerprint density at radius 1 is 1.15 bits per heavy atom. The number of anilines is 1. The molecule has 0 atom stereocenters. The number of carbonyl (C=O) groups excluding carboxylic acids is 1. The van der Waals surface area contributed by atoms with Crippen molar-refractivity contribution in [2.75, 3.05) is 24.7 Å². The summed E-state index contributed by atoms with van der Waals surface area (Å²) < 4.78 is 60.8. The summed E-state index contributed by atoms with van der Waals surface area (Å²) in [6.45, 7) is -0.316. The molecule has 0 aromatic heterocycles. The number of alkyl halides is 3. The molecule has 0 heterocycles. The van der Waals surface area contributed by atoms with E-state index in [0.29, 0.717) is 5.69 Å². The molecule has 0 aliphatic heterocycles. The summed E-state index contributed by atoms with van der Waals surface area (Å²) in [6, 6.07) is 5.68. The second-order valence-electron chi connectivity index (χ2n) is 6.97. The molecule has 0 radical (unpaired) electrons. The number of rotatable bonds is 7. The van der Waals surface area contributed by atoms with Crippen molar-refractivity contribution >= 4 is 21.4 Å². The highest BCUT2D eigenvalue weighted by molar-refractivity contribution is 7.90. The van der Waals surface area contributed by atoms with Gasteiger partial charge < -0.3 is 5.32 Å². The van der Waals surface area contributed by atoms with Gasteiger partial charge in [0.1, 0.15) is 0 Å². The van der Waals surface area contributed by atoms with Gasteiger partial charge in [-0.05, 0) is 37.1 Å². The van der Waals surface area contributed by atoms with Crippen LogP contribution in [0, 0.1) is 0 Å². The van der Waals surface area contributed by atoms with Gasteiger partial charge in [-0.2, -0.15) is 13.2 Å². The number of halogens is 3. The van der Waals surface area contributed by atoms with Gasteiger partial charge in [0, 0.05) is 24.5 Å². The minimum absolute atomic E-state index is 0.0144. The number of sulfone groups is 1. The third-order valence-corrected chi connectivity index (χ3v) is 5.81. The van der Waals surface area contributed by atoms with E-state index in [1.807, 2.05) is 0 Å². The minimum Gasteiger partial charge on any atom is -0.325 e. The van der Waals surface area contributed by atoms with E-state index < -0.39 is 28.3 Å². The third kappa shape index (κ3) is 7.50. The maximum absolute atomic E-state index is 12.6. The van der Waals surface area contributed by atoms with Crippen LogP contribution in [0.15, 0.2) is 29.2 Å². The molecule has 1 aliphatic rings. The van der Waals surface area contributed by atoms with Crippen molar-refractivity contribution in [2.45, 2.75) is 55.6 Å². The van der Waals surface area contributed by atoms with Crippen LogP contribution in [0.3, 0.4) is 0 Å². The normalized spacial score (nSPS) is 16.5. The van der Waals surface area contributed by atoms with E-state index in [-0.39, 0.29) is 24.0 Å². The number of amides is 1. The largest absolute Gasteiger partial charge is 0.390 e. The predicted octanol–water partition coefficient (Wildman–Crippen LogP) is 3.62. The topological polar surface area (TPSA) is 66.5 Å². The molecule has 0 bridgehead atoms. The van der Waals surface area contributed by atoms with Crippen LogP contribution in [0.5, 0.6) is 0 Å². The second-order valence-corrected chi connectivity index (χ2v) is 8.99. The maximum atomic E-state index is 12.6. The number of benzene rings is 1. The van der Waals surface area contributed by atoms with Gasteiger partial charge in [0.2, 0.25) is 5.91 Å². The molecular formula is C18H25F3N2O3S. The summed E-state index contributed by atoms with van der Waals surface area (Å²) in [5.41, 5.74) is 0.409. The Hall–Kier alpha value is -1.61. The molecule has 1 saturated carbocycles. The van der Waals surface area contributed by atoms with Gasteiger partial charge in [-0.1, -0.05) is 19.3 Å². The lowest BCUT2D eigenvalue weighted by Crippen LogP contribution is -2.43. The first-order valence-corrected chi connectivity index (χ1v) is 10.8. The number of carbonyl (C=O) groups is 1. The number of nitrogens with one attached hydrogen (secondary N) is 1. The zero-order valence-corrected chi connectivity index (χ0v) is 16.1. The fourth-order valence-corrected chi connectivity index (χ4v) is 3.91. The zero-order chi connectivity index (χ0) is 20.1. The van der Waals surface area contributed by atoms with Gasteiger partial charge in [-0.25, -0.2) is 8.42 Å². The van der Waals surface area contributed by atoms with Crippen LogP contribution < -0.4 is 5.32 Å². The Kier molecular flexibility index (Phi) is 7.27. The molecule has 152 valence electrons. The Morgan fingerprint density at radius 3 is 2.26 bits per heavy atom. The Morgan fingerprint density at radius 2 is 1.74 bits per heavy atom. The fraction of sp³-hybridized carbons (Fsp3) is 0.611. The molecule has 1 aliphatic carbocycles. The van der Waals surface area contributed by atoms with Crippen LogP contribution in [0.4, 0.5) is 18.9 Å². The molecule has 9 heteroatoms.